The lowest BCUT2D eigenvalue weighted by Crippen LogP contribution is -2.28. The molecule has 0 fully saturated rings. The molecule has 1 aromatic heterocycles. The number of halogens is 2. The Labute approximate surface area is 243 Å². The molecule has 40 heavy (non-hydrogen) atoms. The van der Waals surface area contributed by atoms with Crippen LogP contribution in [0.4, 0.5) is 4.39 Å². The van der Waals surface area contributed by atoms with E-state index in [-0.39, 0.29) is 36.0 Å². The molecule has 0 saturated heterocycles. The number of nitrogens with one attached hydrogen (secondary N) is 1. The van der Waals surface area contributed by atoms with Crippen molar-refractivity contribution in [2.75, 3.05) is 5.75 Å². The van der Waals surface area contributed by atoms with Gasteiger partial charge in [-0.2, -0.15) is 5.10 Å². The Bertz CT molecular complexity index is 1570. The van der Waals surface area contributed by atoms with Gasteiger partial charge in [0, 0.05) is 23.5 Å². The van der Waals surface area contributed by atoms with Gasteiger partial charge in [0.05, 0.1) is 24.1 Å². The van der Waals surface area contributed by atoms with E-state index >= 15 is 0 Å². The van der Waals surface area contributed by atoms with Gasteiger partial charge in [-0.15, -0.1) is 10.2 Å². The van der Waals surface area contributed by atoms with E-state index in [0.717, 1.165) is 26.9 Å². The van der Waals surface area contributed by atoms with Crippen molar-refractivity contribution < 1.29 is 14.0 Å². The summed E-state index contributed by atoms with van der Waals surface area (Å²) in [6, 6.07) is 20.9. The first-order valence-electron chi connectivity index (χ1n) is 12.6. The zero-order valence-corrected chi connectivity index (χ0v) is 24.2. The van der Waals surface area contributed by atoms with E-state index in [2.05, 4.69) is 36.5 Å². The lowest BCUT2D eigenvalue weighted by molar-refractivity contribution is -0.130. The highest BCUT2D eigenvalue weighted by Gasteiger charge is 2.33. The van der Waals surface area contributed by atoms with Crippen LogP contribution < -0.4 is 5.32 Å². The largest absolute Gasteiger partial charge is 0.345 e. The Hall–Kier alpha value is -3.83. The molecule has 0 bridgehead atoms. The standard InChI is InChI=1S/C29H26BrFN6O2S/c1-18-4-3-5-21(14-18)28(39)32-16-26-33-34-29(36(26)2)40-17-27(38)37-25(20-8-12-23(31)13-9-20)15-24(35-37)19-6-10-22(30)11-7-19/h3-14,25H,15-17H2,1-2H3,(H,32,39)/t25-/m1/s1. The second-order valence-electron chi connectivity index (χ2n) is 9.36. The van der Waals surface area contributed by atoms with Crippen molar-refractivity contribution in [2.45, 2.75) is 31.1 Å². The Morgan fingerprint density at radius 3 is 2.55 bits per heavy atom. The molecule has 2 amide bonds. The average Bonchev–Trinajstić information content (AvgIpc) is 3.55. The number of aryl methyl sites for hydroxylation is 1. The summed E-state index contributed by atoms with van der Waals surface area (Å²) >= 11 is 4.69. The Balaban J connectivity index is 1.27. The highest BCUT2D eigenvalue weighted by molar-refractivity contribution is 9.10. The van der Waals surface area contributed by atoms with Crippen molar-refractivity contribution in [3.63, 3.8) is 0 Å². The molecule has 0 unspecified atom stereocenters. The summed E-state index contributed by atoms with van der Waals surface area (Å²) in [6.45, 7) is 2.13. The molecule has 0 spiro atoms. The van der Waals surface area contributed by atoms with E-state index in [1.54, 1.807) is 29.8 Å². The van der Waals surface area contributed by atoms with Crippen LogP contribution in [0.3, 0.4) is 0 Å². The van der Waals surface area contributed by atoms with E-state index in [1.807, 2.05) is 49.4 Å². The Morgan fingerprint density at radius 1 is 1.07 bits per heavy atom. The molecule has 3 aromatic carbocycles. The smallest absolute Gasteiger partial charge is 0.253 e. The Morgan fingerprint density at radius 2 is 1.82 bits per heavy atom. The molecule has 1 aliphatic rings. The van der Waals surface area contributed by atoms with Crippen molar-refractivity contribution in [2.24, 2.45) is 12.1 Å². The SMILES string of the molecule is Cc1cccc(C(=O)NCc2nnc(SCC(=O)N3N=C(c4ccc(Br)cc4)C[C@@H]3c3ccc(F)cc3)n2C)c1. The lowest BCUT2D eigenvalue weighted by Gasteiger charge is -2.22. The van der Waals surface area contributed by atoms with E-state index in [4.69, 9.17) is 0 Å². The van der Waals surface area contributed by atoms with Crippen LogP contribution in [0.15, 0.2) is 87.5 Å². The second kappa shape index (κ2) is 12.1. The van der Waals surface area contributed by atoms with E-state index < -0.39 is 0 Å². The maximum Gasteiger partial charge on any atom is 0.253 e. The Kier molecular flexibility index (Phi) is 8.41. The molecule has 5 rings (SSSR count). The molecule has 0 saturated carbocycles. The van der Waals surface area contributed by atoms with Gasteiger partial charge in [-0.1, -0.05) is 69.7 Å². The highest BCUT2D eigenvalue weighted by Crippen LogP contribution is 2.34. The first kappa shape index (κ1) is 27.7. The molecule has 2 heterocycles. The van der Waals surface area contributed by atoms with Gasteiger partial charge in [-0.05, 0) is 54.4 Å². The fourth-order valence-corrected chi connectivity index (χ4v) is 5.41. The van der Waals surface area contributed by atoms with E-state index in [9.17, 15) is 14.0 Å². The van der Waals surface area contributed by atoms with Crippen molar-refractivity contribution >= 4 is 45.2 Å². The summed E-state index contributed by atoms with van der Waals surface area (Å²) in [7, 11) is 1.79. The minimum Gasteiger partial charge on any atom is -0.345 e. The zero-order valence-electron chi connectivity index (χ0n) is 21.8. The van der Waals surface area contributed by atoms with Crippen LogP contribution in [0.5, 0.6) is 0 Å². The predicted octanol–water partition coefficient (Wildman–Crippen LogP) is 5.43. The number of rotatable bonds is 8. The number of carbonyl (C=O) groups is 2. The fourth-order valence-electron chi connectivity index (χ4n) is 4.37. The van der Waals surface area contributed by atoms with Crippen molar-refractivity contribution in [3.05, 3.63) is 111 Å². The summed E-state index contributed by atoms with van der Waals surface area (Å²) in [5, 5.41) is 18.0. The van der Waals surface area contributed by atoms with Crippen LogP contribution >= 0.6 is 27.7 Å². The quantitative estimate of drug-likeness (QED) is 0.265. The van der Waals surface area contributed by atoms with Crippen LogP contribution in [0, 0.1) is 12.7 Å². The number of amides is 2. The summed E-state index contributed by atoms with van der Waals surface area (Å²) < 4.78 is 16.3. The van der Waals surface area contributed by atoms with Gasteiger partial charge < -0.3 is 9.88 Å². The average molecular weight is 622 g/mol. The minimum absolute atomic E-state index is 0.0798. The topological polar surface area (TPSA) is 92.5 Å². The molecule has 1 N–H and O–H groups in total. The third-order valence-corrected chi connectivity index (χ3v) is 8.07. The van der Waals surface area contributed by atoms with Gasteiger partial charge in [-0.3, -0.25) is 9.59 Å². The maximum absolute atomic E-state index is 13.6. The van der Waals surface area contributed by atoms with Gasteiger partial charge in [0.25, 0.3) is 11.8 Å². The summed E-state index contributed by atoms with van der Waals surface area (Å²) in [5.41, 5.74) is 4.09. The fraction of sp³-hybridized carbons (Fsp3) is 0.207. The van der Waals surface area contributed by atoms with Gasteiger partial charge >= 0.3 is 0 Å². The van der Waals surface area contributed by atoms with Gasteiger partial charge in [0.15, 0.2) is 11.0 Å². The highest BCUT2D eigenvalue weighted by atomic mass is 79.9. The van der Waals surface area contributed by atoms with Crippen LogP contribution in [0.2, 0.25) is 0 Å². The van der Waals surface area contributed by atoms with Gasteiger partial charge in [0.2, 0.25) is 0 Å². The molecule has 0 radical (unpaired) electrons. The molecule has 11 heteroatoms. The van der Waals surface area contributed by atoms with Crippen LogP contribution in [-0.2, 0) is 18.4 Å². The second-order valence-corrected chi connectivity index (χ2v) is 11.2. The first-order valence-corrected chi connectivity index (χ1v) is 14.3. The molecular formula is C29H26BrFN6O2S. The number of aromatic nitrogens is 3. The minimum atomic E-state index is -0.348. The molecule has 1 atom stereocenters. The number of hydrazone groups is 1. The first-order chi connectivity index (χ1) is 19.3. The zero-order chi connectivity index (χ0) is 28.2. The molecular weight excluding hydrogens is 595 g/mol. The lowest BCUT2D eigenvalue weighted by atomic mass is 9.98. The number of hydrogen-bond donors (Lipinski definition) is 1. The third-order valence-electron chi connectivity index (χ3n) is 6.54. The van der Waals surface area contributed by atoms with Crippen LogP contribution in [0.1, 0.15) is 45.3 Å². The summed E-state index contributed by atoms with van der Waals surface area (Å²) in [4.78, 5) is 25.9. The predicted molar refractivity (Wildman–Crippen MR) is 155 cm³/mol. The van der Waals surface area contributed by atoms with Crippen molar-refractivity contribution in [1.29, 1.82) is 0 Å². The third kappa shape index (κ3) is 6.31. The van der Waals surface area contributed by atoms with Crippen LogP contribution in [0.25, 0.3) is 0 Å². The number of benzene rings is 3. The molecule has 1 aliphatic heterocycles. The summed E-state index contributed by atoms with van der Waals surface area (Å²) in [5.74, 6) is -0.0921. The van der Waals surface area contributed by atoms with Crippen LogP contribution in [-0.4, -0.2) is 43.1 Å². The molecule has 4 aromatic rings. The number of nitrogens with zero attached hydrogens (tertiary/aromatic N) is 5. The number of hydrogen-bond acceptors (Lipinski definition) is 6. The van der Waals surface area contributed by atoms with Gasteiger partial charge in [0.1, 0.15) is 5.82 Å². The van der Waals surface area contributed by atoms with Crippen molar-refractivity contribution in [3.8, 4) is 0 Å². The maximum atomic E-state index is 13.6. The molecule has 0 aliphatic carbocycles. The normalized spacial score (nSPS) is 14.8. The monoisotopic (exact) mass is 620 g/mol. The number of carbonyl (C=O) groups excluding carboxylic acids is 2. The van der Waals surface area contributed by atoms with E-state index in [0.29, 0.717) is 23.0 Å². The van der Waals surface area contributed by atoms with Crippen molar-refractivity contribution in [1.82, 2.24) is 25.1 Å². The van der Waals surface area contributed by atoms with Gasteiger partial charge in [-0.25, -0.2) is 9.40 Å². The number of thioether (sulfide) groups is 1. The summed E-state index contributed by atoms with van der Waals surface area (Å²) in [6.07, 6.45) is 0.512. The van der Waals surface area contributed by atoms with E-state index in [1.165, 1.54) is 28.9 Å². The molecule has 8 nitrogen and oxygen atoms in total. The molecule has 204 valence electrons.